The number of nitrogens with one attached hydrogen (secondary N) is 1. The summed E-state index contributed by atoms with van der Waals surface area (Å²) in [6.07, 6.45) is 6.53. The fourth-order valence-electron chi connectivity index (χ4n) is 2.67. The van der Waals surface area contributed by atoms with Crippen molar-refractivity contribution in [3.63, 3.8) is 0 Å². The Kier molecular flexibility index (Phi) is 12.4. The first-order valence-electron chi connectivity index (χ1n) is 9.93. The summed E-state index contributed by atoms with van der Waals surface area (Å²) in [5.74, 6) is -0.668. The van der Waals surface area contributed by atoms with E-state index in [0.717, 1.165) is 36.1 Å². The molecule has 33 heavy (non-hydrogen) atoms. The molecule has 0 radical (unpaired) electrons. The molecule has 0 unspecified atom stereocenters. The van der Waals surface area contributed by atoms with Gasteiger partial charge in [-0.1, -0.05) is 37.1 Å². The van der Waals surface area contributed by atoms with Crippen molar-refractivity contribution < 1.29 is 21.8 Å². The molecule has 0 aliphatic rings. The van der Waals surface area contributed by atoms with Crippen LogP contribution in [0.1, 0.15) is 42.1 Å². The third-order valence-corrected chi connectivity index (χ3v) is 7.57. The molecule has 0 saturated carbocycles. The summed E-state index contributed by atoms with van der Waals surface area (Å²) in [6.45, 7) is 3.44. The standard InChI is InChI=1S/C14H16ClNS.C8H10AsNO5.BrH/c1-2-3-4-14-16-10-13(17-14)9-11-5-7-12(15)8-6-11;1-5(11)10-7-4-6(9(13,14)15)2-3-8(7)12;/h5-8,10H,2-4,9H2,1H3;2-4,12H,1H3,(H,10,11)(H2,13,14,15);1H. The van der Waals surface area contributed by atoms with E-state index in [1.807, 2.05) is 29.7 Å². The first-order chi connectivity index (χ1) is 15.1. The fraction of sp³-hybridized carbons (Fsp3) is 0.273. The van der Waals surface area contributed by atoms with E-state index < -0.39 is 20.1 Å². The van der Waals surface area contributed by atoms with Crippen LogP contribution in [-0.4, -0.2) is 38.4 Å². The summed E-state index contributed by atoms with van der Waals surface area (Å²) in [5.41, 5.74) is 1.28. The van der Waals surface area contributed by atoms with Gasteiger partial charge in [0, 0.05) is 22.5 Å². The van der Waals surface area contributed by atoms with Gasteiger partial charge in [0.15, 0.2) is 0 Å². The van der Waals surface area contributed by atoms with Crippen molar-refractivity contribution in [2.24, 2.45) is 0 Å². The number of rotatable bonds is 7. The van der Waals surface area contributed by atoms with Gasteiger partial charge >= 0.3 is 88.1 Å². The smallest absolute Gasteiger partial charge is 0.0927 e. The number of amides is 1. The topological polar surface area (TPSA) is 120 Å². The Morgan fingerprint density at radius 1 is 1.18 bits per heavy atom. The number of halogens is 2. The van der Waals surface area contributed by atoms with Crippen LogP contribution in [0.3, 0.4) is 0 Å². The van der Waals surface area contributed by atoms with E-state index >= 15 is 0 Å². The number of thiazole rings is 1. The van der Waals surface area contributed by atoms with Gasteiger partial charge in [-0.15, -0.1) is 28.3 Å². The summed E-state index contributed by atoms with van der Waals surface area (Å²) in [6, 6.07) is 11.4. The first-order valence-corrected chi connectivity index (χ1v) is 14.5. The molecule has 3 aromatic rings. The molecule has 1 aromatic heterocycles. The Labute approximate surface area is 215 Å². The number of hydrogen-bond acceptors (Lipinski definition) is 5. The zero-order valence-electron chi connectivity index (χ0n) is 18.2. The van der Waals surface area contributed by atoms with Crippen molar-refractivity contribution in [1.29, 1.82) is 0 Å². The van der Waals surface area contributed by atoms with Crippen molar-refractivity contribution >= 4 is 70.0 Å². The molecule has 0 saturated heterocycles. The molecule has 4 N–H and O–H groups in total. The maximum atomic E-state index is 10.9. The SMILES string of the molecule is Br.CC(=O)Nc1cc([As](=O)(O)O)ccc1O.CCCCc1ncc(Cc2ccc(Cl)cc2)s1. The number of anilines is 1. The zero-order chi connectivity index (χ0) is 23.7. The summed E-state index contributed by atoms with van der Waals surface area (Å²) in [4.78, 5) is 16.5. The monoisotopic (exact) mass is 620 g/mol. The maximum absolute atomic E-state index is 10.9. The van der Waals surface area contributed by atoms with Crippen molar-refractivity contribution in [2.75, 3.05) is 5.32 Å². The van der Waals surface area contributed by atoms with Crippen LogP contribution in [0.4, 0.5) is 5.69 Å². The molecule has 180 valence electrons. The minimum absolute atomic E-state index is 0. The van der Waals surface area contributed by atoms with Gasteiger partial charge in [0.05, 0.1) is 5.01 Å². The van der Waals surface area contributed by atoms with E-state index in [9.17, 15) is 13.6 Å². The molecule has 11 heteroatoms. The molecule has 2 aromatic carbocycles. The van der Waals surface area contributed by atoms with Gasteiger partial charge in [-0.2, -0.15) is 0 Å². The van der Waals surface area contributed by atoms with E-state index in [2.05, 4.69) is 29.4 Å². The number of phenols is 1. The van der Waals surface area contributed by atoms with Crippen LogP contribution in [-0.2, 0) is 21.4 Å². The number of carbonyl (C=O) groups is 1. The van der Waals surface area contributed by atoms with E-state index in [1.165, 1.54) is 35.2 Å². The normalized spacial score (nSPS) is 10.6. The number of aryl methyl sites for hydroxylation is 1. The average Bonchev–Trinajstić information content (AvgIpc) is 3.16. The van der Waals surface area contributed by atoms with E-state index in [1.54, 1.807) is 0 Å². The largest absolute Gasteiger partial charge is 0.249 e. The number of nitrogens with zero attached hydrogens (tertiary/aromatic N) is 1. The predicted molar refractivity (Wildman–Crippen MR) is 138 cm³/mol. The summed E-state index contributed by atoms with van der Waals surface area (Å²) in [5, 5.41) is 13.6. The van der Waals surface area contributed by atoms with Gasteiger partial charge < -0.3 is 0 Å². The molecular formula is C22H27AsBrClN2O5S. The second kappa shape index (κ2) is 13.9. The van der Waals surface area contributed by atoms with E-state index in [-0.39, 0.29) is 32.8 Å². The minimum Gasteiger partial charge on any atom is -0.249 e. The molecule has 0 bridgehead atoms. The van der Waals surface area contributed by atoms with E-state index in [0.29, 0.717) is 0 Å². The summed E-state index contributed by atoms with van der Waals surface area (Å²) >= 11 is 2.71. The van der Waals surface area contributed by atoms with E-state index in [4.69, 9.17) is 19.8 Å². The number of aromatic hydroxyl groups is 1. The summed E-state index contributed by atoms with van der Waals surface area (Å²) < 4.78 is 28.6. The third kappa shape index (κ3) is 10.5. The minimum atomic E-state index is -4.98. The maximum Gasteiger partial charge on any atom is 0.0927 e. The first kappa shape index (κ1) is 29.4. The van der Waals surface area contributed by atoms with Crippen LogP contribution in [0, 0.1) is 0 Å². The van der Waals surface area contributed by atoms with Crippen LogP contribution in [0.2, 0.25) is 5.02 Å². The molecule has 3 rings (SSSR count). The van der Waals surface area contributed by atoms with Crippen LogP contribution in [0.5, 0.6) is 5.75 Å². The number of unbranched alkanes of at least 4 members (excludes halogenated alkanes) is 1. The van der Waals surface area contributed by atoms with Gasteiger partial charge in [-0.25, -0.2) is 4.98 Å². The molecule has 1 heterocycles. The molecular weight excluding hydrogens is 595 g/mol. The Morgan fingerprint density at radius 2 is 1.85 bits per heavy atom. The van der Waals surface area contributed by atoms with Crippen LogP contribution in [0.25, 0.3) is 0 Å². The van der Waals surface area contributed by atoms with Crippen molar-refractivity contribution in [3.8, 4) is 5.75 Å². The predicted octanol–water partition coefficient (Wildman–Crippen LogP) is 4.22. The summed E-state index contributed by atoms with van der Waals surface area (Å²) in [7, 11) is 0. The number of benzene rings is 2. The van der Waals surface area contributed by atoms with Crippen molar-refractivity contribution in [1.82, 2.24) is 4.98 Å². The Hall–Kier alpha value is -1.61. The van der Waals surface area contributed by atoms with Gasteiger partial charge in [0.1, 0.15) is 0 Å². The number of carbonyl (C=O) groups excluding carboxylic acids is 1. The molecule has 0 aliphatic heterocycles. The molecule has 7 nitrogen and oxygen atoms in total. The van der Waals surface area contributed by atoms with Crippen molar-refractivity contribution in [2.45, 2.75) is 39.5 Å². The number of phenolic OH excluding ortho intramolecular Hbond substituents is 1. The van der Waals surface area contributed by atoms with Crippen LogP contribution < -0.4 is 9.67 Å². The molecule has 0 spiro atoms. The van der Waals surface area contributed by atoms with Gasteiger partial charge in [0.2, 0.25) is 0 Å². The van der Waals surface area contributed by atoms with Crippen LogP contribution >= 0.6 is 39.9 Å². The molecule has 0 aliphatic carbocycles. The average molecular weight is 622 g/mol. The molecule has 0 fully saturated rings. The van der Waals surface area contributed by atoms with Crippen molar-refractivity contribution in [3.05, 3.63) is 69.1 Å². The third-order valence-electron chi connectivity index (χ3n) is 4.26. The number of hydrogen-bond donors (Lipinski definition) is 4. The van der Waals surface area contributed by atoms with Gasteiger partial charge in [-0.3, -0.25) is 0 Å². The zero-order valence-corrected chi connectivity index (χ0v) is 23.4. The number of aromatic nitrogens is 1. The Bertz CT molecular complexity index is 1090. The molecule has 1 amide bonds. The Balaban J connectivity index is 0.000000323. The second-order valence-electron chi connectivity index (χ2n) is 7.05. The second-order valence-corrected chi connectivity index (χ2v) is 12.1. The molecule has 0 atom stereocenters. The fourth-order valence-corrected chi connectivity index (χ4v) is 4.98. The van der Waals surface area contributed by atoms with Gasteiger partial charge in [0.25, 0.3) is 0 Å². The Morgan fingerprint density at radius 3 is 2.42 bits per heavy atom. The quantitative estimate of drug-likeness (QED) is 0.232. The van der Waals surface area contributed by atoms with Gasteiger partial charge in [-0.05, 0) is 30.5 Å². The van der Waals surface area contributed by atoms with Crippen LogP contribution in [0.15, 0.2) is 48.7 Å².